The van der Waals surface area contributed by atoms with Crippen molar-refractivity contribution in [2.24, 2.45) is 7.05 Å². The Labute approximate surface area is 143 Å². The molecule has 1 amide bonds. The van der Waals surface area contributed by atoms with E-state index in [-0.39, 0.29) is 12.0 Å². The lowest BCUT2D eigenvalue weighted by Crippen LogP contribution is -2.40. The number of fused-ring (bicyclic) bond motifs is 1. The van der Waals surface area contributed by atoms with Crippen molar-refractivity contribution in [3.05, 3.63) is 22.7 Å². The third-order valence-corrected chi connectivity index (χ3v) is 4.46. The van der Waals surface area contributed by atoms with E-state index in [1.54, 1.807) is 11.6 Å². The number of ether oxygens (including phenoxy) is 2. The van der Waals surface area contributed by atoms with Crippen molar-refractivity contribution in [1.82, 2.24) is 15.1 Å². The summed E-state index contributed by atoms with van der Waals surface area (Å²) in [5, 5.41) is 8.11. The molecule has 0 bridgehead atoms. The average Bonchev–Trinajstić information content (AvgIpc) is 3.14. The highest BCUT2D eigenvalue weighted by Gasteiger charge is 2.21. The summed E-state index contributed by atoms with van der Waals surface area (Å²) in [7, 11) is 1.85. The first-order valence-electron chi connectivity index (χ1n) is 7.73. The second kappa shape index (κ2) is 6.88. The van der Waals surface area contributed by atoms with Gasteiger partial charge in [-0.2, -0.15) is 0 Å². The van der Waals surface area contributed by atoms with Gasteiger partial charge >= 0.3 is 0 Å². The molecule has 1 N–H and O–H groups in total. The summed E-state index contributed by atoms with van der Waals surface area (Å²) in [6.07, 6.45) is 1.56. The van der Waals surface area contributed by atoms with Gasteiger partial charge in [-0.05, 0) is 38.0 Å². The molecule has 6 nitrogen and oxygen atoms in total. The van der Waals surface area contributed by atoms with Gasteiger partial charge in [0.05, 0.1) is 17.0 Å². The highest BCUT2D eigenvalue weighted by molar-refractivity contribution is 9.10. The second-order valence-electron chi connectivity index (χ2n) is 5.73. The topological polar surface area (TPSA) is 65.4 Å². The minimum atomic E-state index is -0.617. The molecule has 1 aromatic heterocycles. The monoisotopic (exact) mass is 381 g/mol. The fourth-order valence-corrected chi connectivity index (χ4v) is 3.04. The van der Waals surface area contributed by atoms with Gasteiger partial charge in [-0.3, -0.25) is 9.48 Å². The van der Waals surface area contributed by atoms with Gasteiger partial charge in [0.1, 0.15) is 0 Å². The van der Waals surface area contributed by atoms with Crippen LogP contribution < -0.4 is 10.1 Å². The van der Waals surface area contributed by atoms with Gasteiger partial charge in [0, 0.05) is 24.7 Å². The van der Waals surface area contributed by atoms with Gasteiger partial charge in [0.15, 0.2) is 6.10 Å². The van der Waals surface area contributed by atoms with Crippen LogP contribution in [0.3, 0.4) is 0 Å². The molecule has 0 spiro atoms. The fraction of sp³-hybridized carbons (Fsp3) is 0.500. The normalized spacial score (nSPS) is 19.0. The first kappa shape index (κ1) is 16.3. The van der Waals surface area contributed by atoms with E-state index in [9.17, 15) is 4.79 Å². The molecule has 7 heteroatoms. The molecule has 2 atom stereocenters. The highest BCUT2D eigenvalue weighted by atomic mass is 79.9. The van der Waals surface area contributed by atoms with Crippen LogP contribution in [0.4, 0.5) is 0 Å². The average molecular weight is 382 g/mol. The Bertz CT molecular complexity index is 710. The highest BCUT2D eigenvalue weighted by Crippen LogP contribution is 2.28. The maximum Gasteiger partial charge on any atom is 0.260 e. The van der Waals surface area contributed by atoms with Crippen LogP contribution in [0.2, 0.25) is 0 Å². The molecule has 124 valence electrons. The lowest BCUT2D eigenvalue weighted by atomic mass is 10.2. The quantitative estimate of drug-likeness (QED) is 0.863. The molecule has 0 saturated carbocycles. The van der Waals surface area contributed by atoms with E-state index in [2.05, 4.69) is 26.3 Å². The van der Waals surface area contributed by atoms with Gasteiger partial charge in [0.25, 0.3) is 5.91 Å². The van der Waals surface area contributed by atoms with E-state index in [4.69, 9.17) is 9.47 Å². The Morgan fingerprint density at radius 2 is 2.43 bits per heavy atom. The number of rotatable bonds is 5. The number of aromatic nitrogens is 2. The Balaban J connectivity index is 1.66. The summed E-state index contributed by atoms with van der Waals surface area (Å²) in [6, 6.07) is 5.85. The Morgan fingerprint density at radius 3 is 3.17 bits per heavy atom. The molecule has 0 unspecified atom stereocenters. The van der Waals surface area contributed by atoms with E-state index >= 15 is 0 Å². The van der Waals surface area contributed by atoms with E-state index in [0.29, 0.717) is 12.4 Å². The molecular weight excluding hydrogens is 362 g/mol. The number of hydrogen-bond acceptors (Lipinski definition) is 4. The Hall–Kier alpha value is -1.60. The fourth-order valence-electron chi connectivity index (χ4n) is 2.68. The summed E-state index contributed by atoms with van der Waals surface area (Å²) < 4.78 is 14.0. The molecular formula is C16H20BrN3O3. The molecule has 1 aromatic carbocycles. The number of aryl methyl sites for hydroxylation is 1. The van der Waals surface area contributed by atoms with Crippen LogP contribution in [0.1, 0.15) is 19.8 Å². The van der Waals surface area contributed by atoms with Crippen molar-refractivity contribution in [3.8, 4) is 5.88 Å². The Morgan fingerprint density at radius 1 is 1.61 bits per heavy atom. The van der Waals surface area contributed by atoms with E-state index < -0.39 is 6.10 Å². The van der Waals surface area contributed by atoms with Crippen molar-refractivity contribution in [2.45, 2.75) is 32.0 Å². The number of nitrogens with zero attached hydrogens (tertiary/aromatic N) is 2. The molecule has 0 radical (unpaired) electrons. The maximum atomic E-state index is 12.2. The van der Waals surface area contributed by atoms with Gasteiger partial charge in [-0.15, -0.1) is 5.10 Å². The predicted molar refractivity (Wildman–Crippen MR) is 90.5 cm³/mol. The van der Waals surface area contributed by atoms with Crippen molar-refractivity contribution < 1.29 is 14.3 Å². The lowest BCUT2D eigenvalue weighted by molar-refractivity contribution is -0.127. The number of benzene rings is 1. The summed E-state index contributed by atoms with van der Waals surface area (Å²) in [5.41, 5.74) is 0.954. The Kier molecular flexibility index (Phi) is 4.87. The van der Waals surface area contributed by atoms with E-state index in [0.717, 1.165) is 34.8 Å². The summed E-state index contributed by atoms with van der Waals surface area (Å²) >= 11 is 3.45. The predicted octanol–water partition coefficient (Wildman–Crippen LogP) is 2.40. The van der Waals surface area contributed by atoms with Crippen LogP contribution in [0.25, 0.3) is 10.9 Å². The number of halogens is 1. The van der Waals surface area contributed by atoms with Crippen LogP contribution in [0.5, 0.6) is 5.88 Å². The molecule has 3 rings (SSSR count). The van der Waals surface area contributed by atoms with Crippen molar-refractivity contribution >= 4 is 32.7 Å². The minimum Gasteiger partial charge on any atom is -0.463 e. The van der Waals surface area contributed by atoms with Gasteiger partial charge < -0.3 is 14.8 Å². The zero-order chi connectivity index (χ0) is 16.4. The number of carbonyl (C=O) groups is 1. The van der Waals surface area contributed by atoms with Gasteiger partial charge in [0.2, 0.25) is 5.88 Å². The van der Waals surface area contributed by atoms with E-state index in [1.165, 1.54) is 0 Å². The molecule has 1 saturated heterocycles. The van der Waals surface area contributed by atoms with Crippen LogP contribution in [-0.4, -0.2) is 41.0 Å². The number of nitrogens with one attached hydrogen (secondary N) is 1. The van der Waals surface area contributed by atoms with Crippen molar-refractivity contribution in [3.63, 3.8) is 0 Å². The smallest absolute Gasteiger partial charge is 0.260 e. The second-order valence-corrected chi connectivity index (χ2v) is 6.65. The third-order valence-electron chi connectivity index (χ3n) is 3.96. The van der Waals surface area contributed by atoms with Crippen molar-refractivity contribution in [1.29, 1.82) is 0 Å². The molecule has 1 aliphatic heterocycles. The standard InChI is InChI=1S/C16H20BrN3O3/c1-10(15(21)18-9-12-4-3-7-22-12)23-16-13-8-11(17)5-6-14(13)20(2)19-16/h5-6,8,10,12H,3-4,7,9H2,1-2H3,(H,18,21)/t10-,12-/m0/s1. The zero-order valence-electron chi connectivity index (χ0n) is 13.2. The first-order chi connectivity index (χ1) is 11.0. The van der Waals surface area contributed by atoms with Gasteiger partial charge in [-0.25, -0.2) is 0 Å². The molecule has 0 aliphatic carbocycles. The third kappa shape index (κ3) is 3.67. The summed E-state index contributed by atoms with van der Waals surface area (Å²) in [5.74, 6) is 0.304. The molecule has 1 aliphatic rings. The largest absolute Gasteiger partial charge is 0.463 e. The minimum absolute atomic E-state index is 0.123. The molecule has 2 heterocycles. The summed E-state index contributed by atoms with van der Waals surface area (Å²) in [6.45, 7) is 3.03. The van der Waals surface area contributed by atoms with Crippen LogP contribution in [-0.2, 0) is 16.6 Å². The SMILES string of the molecule is C[C@H](Oc1nn(C)c2ccc(Br)cc12)C(=O)NC[C@@H]1CCCO1. The molecule has 23 heavy (non-hydrogen) atoms. The lowest BCUT2D eigenvalue weighted by Gasteiger charge is -2.15. The van der Waals surface area contributed by atoms with Crippen molar-refractivity contribution in [2.75, 3.05) is 13.2 Å². The number of hydrogen-bond donors (Lipinski definition) is 1. The van der Waals surface area contributed by atoms with Crippen LogP contribution in [0.15, 0.2) is 22.7 Å². The zero-order valence-corrected chi connectivity index (χ0v) is 14.8. The molecule has 1 fully saturated rings. The number of amides is 1. The first-order valence-corrected chi connectivity index (χ1v) is 8.52. The van der Waals surface area contributed by atoms with Crippen LogP contribution >= 0.6 is 15.9 Å². The molecule has 2 aromatic rings. The van der Waals surface area contributed by atoms with Gasteiger partial charge in [-0.1, -0.05) is 15.9 Å². The summed E-state index contributed by atoms with van der Waals surface area (Å²) in [4.78, 5) is 12.2. The van der Waals surface area contributed by atoms with Crippen LogP contribution in [0, 0.1) is 0 Å². The van der Waals surface area contributed by atoms with E-state index in [1.807, 2.05) is 25.2 Å². The maximum absolute atomic E-state index is 12.2. The number of carbonyl (C=O) groups excluding carboxylic acids is 1.